The van der Waals surface area contributed by atoms with E-state index in [1.807, 2.05) is 11.8 Å². The molecule has 0 aromatic carbocycles. The minimum atomic E-state index is -0.142. The molecule has 2 aliphatic heterocycles. The maximum absolute atomic E-state index is 11.6. The quantitative estimate of drug-likeness (QED) is 0.772. The summed E-state index contributed by atoms with van der Waals surface area (Å²) in [4.78, 5) is 18.6. The number of carbonyl (C=O) groups is 1. The van der Waals surface area contributed by atoms with Gasteiger partial charge < -0.3 is 14.5 Å². The lowest BCUT2D eigenvalue weighted by Crippen LogP contribution is -2.53. The Kier molecular flexibility index (Phi) is 5.45. The first-order valence-electron chi connectivity index (χ1n) is 7.62. The second-order valence-electron chi connectivity index (χ2n) is 5.39. The summed E-state index contributed by atoms with van der Waals surface area (Å²) in [6.45, 7) is 12.1. The SMILES string of the molecule is CCOC(=O)N1CCC(N2CCN(CC)CC2)CC1. The van der Waals surface area contributed by atoms with Crippen molar-refractivity contribution in [2.45, 2.75) is 32.7 Å². The fourth-order valence-corrected chi connectivity index (χ4v) is 3.07. The highest BCUT2D eigenvalue weighted by Crippen LogP contribution is 2.18. The molecule has 0 N–H and O–H groups in total. The Morgan fingerprint density at radius 3 is 2.21 bits per heavy atom. The zero-order valence-electron chi connectivity index (χ0n) is 12.3. The van der Waals surface area contributed by atoms with Crippen molar-refractivity contribution in [2.75, 3.05) is 52.4 Å². The predicted octanol–water partition coefficient (Wildman–Crippen LogP) is 1.24. The van der Waals surface area contributed by atoms with Crippen molar-refractivity contribution in [3.63, 3.8) is 0 Å². The Bertz CT molecular complexity index is 282. The van der Waals surface area contributed by atoms with Gasteiger partial charge in [0.2, 0.25) is 0 Å². The van der Waals surface area contributed by atoms with Gasteiger partial charge in [-0.05, 0) is 26.3 Å². The molecule has 2 saturated heterocycles. The highest BCUT2D eigenvalue weighted by atomic mass is 16.6. The van der Waals surface area contributed by atoms with E-state index < -0.39 is 0 Å². The molecule has 0 atom stereocenters. The van der Waals surface area contributed by atoms with Gasteiger partial charge in [0.25, 0.3) is 0 Å². The van der Waals surface area contributed by atoms with Crippen molar-refractivity contribution in [3.05, 3.63) is 0 Å². The van der Waals surface area contributed by atoms with Gasteiger partial charge in [0.15, 0.2) is 0 Å². The maximum atomic E-state index is 11.6. The summed E-state index contributed by atoms with van der Waals surface area (Å²) in [5.74, 6) is 0. The topological polar surface area (TPSA) is 36.0 Å². The van der Waals surface area contributed by atoms with E-state index >= 15 is 0 Å². The van der Waals surface area contributed by atoms with Crippen LogP contribution in [0, 0.1) is 0 Å². The molecular weight excluding hydrogens is 242 g/mol. The number of piperazine rings is 1. The van der Waals surface area contributed by atoms with Crippen molar-refractivity contribution in [3.8, 4) is 0 Å². The molecular formula is C14H27N3O2. The van der Waals surface area contributed by atoms with Crippen molar-refractivity contribution in [1.29, 1.82) is 0 Å². The van der Waals surface area contributed by atoms with Crippen LogP contribution in [0.2, 0.25) is 0 Å². The third-order valence-corrected chi connectivity index (χ3v) is 4.36. The molecule has 0 aliphatic carbocycles. The second kappa shape index (κ2) is 7.10. The van der Waals surface area contributed by atoms with E-state index in [2.05, 4.69) is 16.7 Å². The summed E-state index contributed by atoms with van der Waals surface area (Å²) in [5, 5.41) is 0. The van der Waals surface area contributed by atoms with Gasteiger partial charge in [0.1, 0.15) is 0 Å². The fraction of sp³-hybridized carbons (Fsp3) is 0.929. The second-order valence-corrected chi connectivity index (χ2v) is 5.39. The van der Waals surface area contributed by atoms with Crippen LogP contribution in [0.1, 0.15) is 26.7 Å². The molecule has 5 nitrogen and oxygen atoms in total. The van der Waals surface area contributed by atoms with Gasteiger partial charge in [-0.3, -0.25) is 4.90 Å². The van der Waals surface area contributed by atoms with Crippen molar-refractivity contribution in [2.24, 2.45) is 0 Å². The minimum Gasteiger partial charge on any atom is -0.450 e. The van der Waals surface area contributed by atoms with Crippen molar-refractivity contribution in [1.82, 2.24) is 14.7 Å². The van der Waals surface area contributed by atoms with Gasteiger partial charge in [0, 0.05) is 45.3 Å². The highest BCUT2D eigenvalue weighted by molar-refractivity contribution is 5.67. The molecule has 5 heteroatoms. The Hall–Kier alpha value is -0.810. The first kappa shape index (κ1) is 14.6. The number of nitrogens with zero attached hydrogens (tertiary/aromatic N) is 3. The number of piperidine rings is 1. The van der Waals surface area contributed by atoms with E-state index in [0.29, 0.717) is 12.6 Å². The van der Waals surface area contributed by atoms with E-state index in [0.717, 1.165) is 32.5 Å². The highest BCUT2D eigenvalue weighted by Gasteiger charge is 2.29. The summed E-state index contributed by atoms with van der Waals surface area (Å²) in [7, 11) is 0. The first-order chi connectivity index (χ1) is 9.24. The predicted molar refractivity (Wildman–Crippen MR) is 75.3 cm³/mol. The summed E-state index contributed by atoms with van der Waals surface area (Å²) in [5.41, 5.74) is 0. The summed E-state index contributed by atoms with van der Waals surface area (Å²) in [6.07, 6.45) is 2.03. The average Bonchev–Trinajstić information content (AvgIpc) is 2.48. The molecule has 2 fully saturated rings. The Labute approximate surface area is 116 Å². The molecule has 2 heterocycles. The van der Waals surface area contributed by atoms with E-state index in [9.17, 15) is 4.79 Å². The molecule has 2 aliphatic rings. The van der Waals surface area contributed by atoms with E-state index in [1.165, 1.54) is 26.2 Å². The van der Waals surface area contributed by atoms with Crippen LogP contribution in [0.25, 0.3) is 0 Å². The zero-order valence-corrected chi connectivity index (χ0v) is 12.3. The molecule has 110 valence electrons. The van der Waals surface area contributed by atoms with Crippen LogP contribution in [-0.2, 0) is 4.74 Å². The van der Waals surface area contributed by atoms with Crippen LogP contribution in [0.4, 0.5) is 4.79 Å². The molecule has 2 rings (SSSR count). The lowest BCUT2D eigenvalue weighted by atomic mass is 10.0. The lowest BCUT2D eigenvalue weighted by Gasteiger charge is -2.42. The third kappa shape index (κ3) is 3.83. The van der Waals surface area contributed by atoms with Gasteiger partial charge in [-0.25, -0.2) is 4.79 Å². The van der Waals surface area contributed by atoms with Gasteiger partial charge in [-0.15, -0.1) is 0 Å². The van der Waals surface area contributed by atoms with E-state index in [-0.39, 0.29) is 6.09 Å². The molecule has 0 unspecified atom stereocenters. The third-order valence-electron chi connectivity index (χ3n) is 4.36. The largest absolute Gasteiger partial charge is 0.450 e. The molecule has 19 heavy (non-hydrogen) atoms. The van der Waals surface area contributed by atoms with Crippen LogP contribution in [0.3, 0.4) is 0 Å². The number of likely N-dealkylation sites (tertiary alicyclic amines) is 1. The van der Waals surface area contributed by atoms with Gasteiger partial charge in [0.05, 0.1) is 6.61 Å². The molecule has 0 aromatic rings. The summed E-state index contributed by atoms with van der Waals surface area (Å²) in [6, 6.07) is 0.657. The van der Waals surface area contributed by atoms with Gasteiger partial charge >= 0.3 is 6.09 Å². The molecule has 0 saturated carbocycles. The Morgan fingerprint density at radius 1 is 1.05 bits per heavy atom. The number of amides is 1. The standard InChI is InChI=1S/C14H27N3O2/c1-3-15-9-11-16(12-10-15)13-5-7-17(8-6-13)14(18)19-4-2/h13H,3-12H2,1-2H3. The van der Waals surface area contributed by atoms with Crippen LogP contribution >= 0.6 is 0 Å². The summed E-state index contributed by atoms with van der Waals surface area (Å²) >= 11 is 0. The average molecular weight is 269 g/mol. The normalized spacial score (nSPS) is 23.6. The van der Waals surface area contributed by atoms with Crippen LogP contribution < -0.4 is 0 Å². The minimum absolute atomic E-state index is 0.142. The fourth-order valence-electron chi connectivity index (χ4n) is 3.07. The summed E-state index contributed by atoms with van der Waals surface area (Å²) < 4.78 is 5.06. The van der Waals surface area contributed by atoms with Crippen LogP contribution in [-0.4, -0.2) is 79.3 Å². The lowest BCUT2D eigenvalue weighted by molar-refractivity contribution is 0.0518. The number of ether oxygens (including phenoxy) is 1. The smallest absolute Gasteiger partial charge is 0.409 e. The monoisotopic (exact) mass is 269 g/mol. The number of rotatable bonds is 3. The van der Waals surface area contributed by atoms with Crippen molar-refractivity contribution >= 4 is 6.09 Å². The van der Waals surface area contributed by atoms with Gasteiger partial charge in [-0.1, -0.05) is 6.92 Å². The number of likely N-dealkylation sites (N-methyl/N-ethyl adjacent to an activating group) is 1. The zero-order chi connectivity index (χ0) is 13.7. The Morgan fingerprint density at radius 2 is 1.68 bits per heavy atom. The molecule has 1 amide bonds. The van der Waals surface area contributed by atoms with Crippen molar-refractivity contribution < 1.29 is 9.53 Å². The number of carbonyl (C=O) groups excluding carboxylic acids is 1. The first-order valence-corrected chi connectivity index (χ1v) is 7.62. The maximum Gasteiger partial charge on any atom is 0.409 e. The molecule has 0 bridgehead atoms. The van der Waals surface area contributed by atoms with Crippen LogP contribution in [0.5, 0.6) is 0 Å². The molecule has 0 radical (unpaired) electrons. The van der Waals surface area contributed by atoms with E-state index in [4.69, 9.17) is 4.74 Å². The van der Waals surface area contributed by atoms with Gasteiger partial charge in [-0.2, -0.15) is 0 Å². The van der Waals surface area contributed by atoms with Crippen LogP contribution in [0.15, 0.2) is 0 Å². The molecule has 0 aromatic heterocycles. The van der Waals surface area contributed by atoms with E-state index in [1.54, 1.807) is 0 Å². The molecule has 0 spiro atoms. The number of hydrogen-bond donors (Lipinski definition) is 0. The Balaban J connectivity index is 1.73. The number of hydrogen-bond acceptors (Lipinski definition) is 4.